The Morgan fingerprint density at radius 2 is 1.73 bits per heavy atom. The average molecular weight is 361 g/mol. The number of unbranched alkanes of at least 4 members (excludes halogenated alkanes) is 1. The van der Waals surface area contributed by atoms with Gasteiger partial charge in [0.25, 0.3) is 0 Å². The predicted octanol–water partition coefficient (Wildman–Crippen LogP) is 3.03. The zero-order chi connectivity index (χ0) is 18.4. The maximum Gasteiger partial charge on any atom is 0.303 e. The number of hydrogen-bond donors (Lipinski definition) is 2. The van der Waals surface area contributed by atoms with Crippen molar-refractivity contribution in [1.82, 2.24) is 5.32 Å². The molecule has 1 heterocycles. The van der Waals surface area contributed by atoms with Crippen molar-refractivity contribution >= 4 is 11.9 Å². The Bertz CT molecular complexity index is 652. The van der Waals surface area contributed by atoms with Gasteiger partial charge < -0.3 is 19.9 Å². The van der Waals surface area contributed by atoms with Crippen LogP contribution in [-0.2, 0) is 15.0 Å². The van der Waals surface area contributed by atoms with Crippen LogP contribution in [-0.4, -0.2) is 36.7 Å². The number of carbonyl (C=O) groups is 2. The fourth-order valence-corrected chi connectivity index (χ4v) is 3.91. The van der Waals surface area contributed by atoms with Gasteiger partial charge in [0, 0.05) is 24.8 Å². The molecule has 2 N–H and O–H groups in total. The van der Waals surface area contributed by atoms with Gasteiger partial charge in [-0.05, 0) is 43.4 Å². The molecule has 0 saturated heterocycles. The summed E-state index contributed by atoms with van der Waals surface area (Å²) in [6.45, 7) is 1.76. The van der Waals surface area contributed by atoms with Gasteiger partial charge >= 0.3 is 5.97 Å². The molecule has 1 aromatic carbocycles. The normalized spacial score (nSPS) is 17.7. The molecule has 0 unspecified atom stereocenters. The third-order valence-corrected chi connectivity index (χ3v) is 5.38. The molecule has 3 rings (SSSR count). The van der Waals surface area contributed by atoms with E-state index in [-0.39, 0.29) is 17.7 Å². The van der Waals surface area contributed by atoms with E-state index in [0.717, 1.165) is 37.2 Å². The fraction of sp³-hybridized carbons (Fsp3) is 0.600. The standard InChI is InChI=1S/C20H27NO5/c22-18(5-1-2-6-19(23)24)21-14-20(9-3-4-10-20)15-7-8-16-17(13-15)26-12-11-25-16/h7-8,13H,1-6,9-12,14H2,(H,21,22)(H,23,24). The number of aliphatic carboxylic acids is 1. The van der Waals surface area contributed by atoms with Crippen LogP contribution in [0.4, 0.5) is 0 Å². The van der Waals surface area contributed by atoms with Gasteiger partial charge in [-0.15, -0.1) is 0 Å². The number of rotatable bonds is 8. The fourth-order valence-electron chi connectivity index (χ4n) is 3.91. The summed E-state index contributed by atoms with van der Waals surface area (Å²) in [6.07, 6.45) is 6.05. The molecule has 0 spiro atoms. The van der Waals surface area contributed by atoms with E-state index < -0.39 is 5.97 Å². The van der Waals surface area contributed by atoms with E-state index in [0.29, 0.717) is 39.0 Å². The van der Waals surface area contributed by atoms with Crippen molar-refractivity contribution < 1.29 is 24.2 Å². The first-order valence-electron chi connectivity index (χ1n) is 9.48. The monoisotopic (exact) mass is 361 g/mol. The van der Waals surface area contributed by atoms with E-state index >= 15 is 0 Å². The van der Waals surface area contributed by atoms with Crippen LogP contribution in [0.2, 0.25) is 0 Å². The van der Waals surface area contributed by atoms with Crippen molar-refractivity contribution in [3.63, 3.8) is 0 Å². The van der Waals surface area contributed by atoms with Gasteiger partial charge in [0.2, 0.25) is 5.91 Å². The topological polar surface area (TPSA) is 84.9 Å². The molecule has 0 radical (unpaired) electrons. The summed E-state index contributed by atoms with van der Waals surface area (Å²) in [7, 11) is 0. The lowest BCUT2D eigenvalue weighted by Gasteiger charge is -2.31. The first-order chi connectivity index (χ1) is 12.6. The largest absolute Gasteiger partial charge is 0.486 e. The summed E-state index contributed by atoms with van der Waals surface area (Å²) >= 11 is 0. The van der Waals surface area contributed by atoms with Crippen molar-refractivity contribution in [1.29, 1.82) is 0 Å². The van der Waals surface area contributed by atoms with Crippen LogP contribution in [0, 0.1) is 0 Å². The molecule has 0 bridgehead atoms. The lowest BCUT2D eigenvalue weighted by molar-refractivity contribution is -0.137. The van der Waals surface area contributed by atoms with Gasteiger partial charge in [-0.2, -0.15) is 0 Å². The maximum atomic E-state index is 12.1. The summed E-state index contributed by atoms with van der Waals surface area (Å²) in [6, 6.07) is 6.13. The lowest BCUT2D eigenvalue weighted by Crippen LogP contribution is -2.39. The Hall–Kier alpha value is -2.24. The number of carbonyl (C=O) groups excluding carboxylic acids is 1. The zero-order valence-corrected chi connectivity index (χ0v) is 15.1. The molecule has 1 saturated carbocycles. The molecule has 1 amide bonds. The van der Waals surface area contributed by atoms with E-state index in [1.54, 1.807) is 0 Å². The highest BCUT2D eigenvalue weighted by atomic mass is 16.6. The Morgan fingerprint density at radius 3 is 2.46 bits per heavy atom. The summed E-state index contributed by atoms with van der Waals surface area (Å²) in [5.41, 5.74) is 1.15. The third-order valence-electron chi connectivity index (χ3n) is 5.38. The zero-order valence-electron chi connectivity index (χ0n) is 15.1. The summed E-state index contributed by atoms with van der Waals surface area (Å²) in [5, 5.41) is 11.7. The number of hydrogen-bond acceptors (Lipinski definition) is 4. The smallest absolute Gasteiger partial charge is 0.303 e. The Balaban J connectivity index is 1.59. The second kappa shape index (κ2) is 8.43. The van der Waals surface area contributed by atoms with Gasteiger partial charge in [0.1, 0.15) is 13.2 Å². The van der Waals surface area contributed by atoms with E-state index in [9.17, 15) is 9.59 Å². The van der Waals surface area contributed by atoms with E-state index in [1.807, 2.05) is 6.07 Å². The third kappa shape index (κ3) is 4.48. The predicted molar refractivity (Wildman–Crippen MR) is 96.7 cm³/mol. The van der Waals surface area contributed by atoms with Gasteiger partial charge in [0.05, 0.1) is 0 Å². The van der Waals surface area contributed by atoms with Crippen molar-refractivity contribution in [2.24, 2.45) is 0 Å². The molecular weight excluding hydrogens is 334 g/mol. The van der Waals surface area contributed by atoms with E-state index in [4.69, 9.17) is 14.6 Å². The van der Waals surface area contributed by atoms with Gasteiger partial charge in [-0.3, -0.25) is 9.59 Å². The second-order valence-corrected chi connectivity index (χ2v) is 7.22. The van der Waals surface area contributed by atoms with Crippen LogP contribution in [0.3, 0.4) is 0 Å². The highest BCUT2D eigenvalue weighted by molar-refractivity contribution is 5.76. The van der Waals surface area contributed by atoms with Crippen LogP contribution in [0.1, 0.15) is 56.9 Å². The maximum absolute atomic E-state index is 12.1. The van der Waals surface area contributed by atoms with Crippen LogP contribution >= 0.6 is 0 Å². The highest BCUT2D eigenvalue weighted by Gasteiger charge is 2.36. The van der Waals surface area contributed by atoms with Gasteiger partial charge in [-0.25, -0.2) is 0 Å². The van der Waals surface area contributed by atoms with Crippen molar-refractivity contribution in [3.8, 4) is 11.5 Å². The molecule has 0 aromatic heterocycles. The van der Waals surface area contributed by atoms with Crippen molar-refractivity contribution in [3.05, 3.63) is 23.8 Å². The number of carboxylic acid groups (broad SMARTS) is 1. The lowest BCUT2D eigenvalue weighted by atomic mass is 9.78. The number of amides is 1. The molecule has 1 aliphatic heterocycles. The molecule has 6 nitrogen and oxygen atoms in total. The molecule has 1 aromatic rings. The molecular formula is C20H27NO5. The number of carboxylic acids is 1. The van der Waals surface area contributed by atoms with Crippen LogP contribution in [0.5, 0.6) is 11.5 Å². The number of ether oxygens (including phenoxy) is 2. The van der Waals surface area contributed by atoms with Crippen LogP contribution < -0.4 is 14.8 Å². The Kier molecular flexibility index (Phi) is 6.01. The Labute approximate surface area is 153 Å². The van der Waals surface area contributed by atoms with Crippen LogP contribution in [0.25, 0.3) is 0 Å². The first-order valence-corrected chi connectivity index (χ1v) is 9.48. The SMILES string of the molecule is O=C(O)CCCCC(=O)NCC1(c2ccc3c(c2)OCCO3)CCCC1. The summed E-state index contributed by atoms with van der Waals surface area (Å²) in [5.74, 6) is 0.767. The van der Waals surface area contributed by atoms with Crippen molar-refractivity contribution in [2.75, 3.05) is 19.8 Å². The first kappa shape index (κ1) is 18.5. The van der Waals surface area contributed by atoms with E-state index in [2.05, 4.69) is 17.4 Å². The highest BCUT2D eigenvalue weighted by Crippen LogP contribution is 2.43. The average Bonchev–Trinajstić information content (AvgIpc) is 3.13. The van der Waals surface area contributed by atoms with Crippen LogP contribution in [0.15, 0.2) is 18.2 Å². The van der Waals surface area contributed by atoms with E-state index in [1.165, 1.54) is 5.56 Å². The molecule has 1 aliphatic carbocycles. The minimum Gasteiger partial charge on any atom is -0.486 e. The van der Waals surface area contributed by atoms with Crippen molar-refractivity contribution in [2.45, 2.75) is 56.8 Å². The number of fused-ring (bicyclic) bond motifs is 1. The number of benzene rings is 1. The minimum atomic E-state index is -0.811. The molecule has 0 atom stereocenters. The molecule has 1 fully saturated rings. The molecule has 6 heteroatoms. The number of nitrogens with one attached hydrogen (secondary N) is 1. The van der Waals surface area contributed by atoms with Gasteiger partial charge in [-0.1, -0.05) is 18.9 Å². The quantitative estimate of drug-likeness (QED) is 0.695. The Morgan fingerprint density at radius 1 is 1.04 bits per heavy atom. The second-order valence-electron chi connectivity index (χ2n) is 7.22. The summed E-state index contributed by atoms with van der Waals surface area (Å²) in [4.78, 5) is 22.7. The molecule has 142 valence electrons. The van der Waals surface area contributed by atoms with Gasteiger partial charge in [0.15, 0.2) is 11.5 Å². The minimum absolute atomic E-state index is 0.000734. The summed E-state index contributed by atoms with van der Waals surface area (Å²) < 4.78 is 11.3. The molecule has 2 aliphatic rings. The molecule has 26 heavy (non-hydrogen) atoms.